The van der Waals surface area contributed by atoms with Crippen LogP contribution in [0, 0.1) is 0 Å². The predicted molar refractivity (Wildman–Crippen MR) is 164 cm³/mol. The fraction of sp³-hybridized carbons (Fsp3) is 0.394. The molecule has 1 aromatic heterocycles. The van der Waals surface area contributed by atoms with Crippen LogP contribution in [0.4, 0.5) is 5.69 Å². The first kappa shape index (κ1) is 29.5. The minimum absolute atomic E-state index is 0.173. The molecule has 2 aromatic carbocycles. The van der Waals surface area contributed by atoms with Gasteiger partial charge in [0.1, 0.15) is 10.3 Å². The zero-order chi connectivity index (χ0) is 30.0. The van der Waals surface area contributed by atoms with Gasteiger partial charge in [-0.15, -0.1) is 0 Å². The van der Waals surface area contributed by atoms with Crippen LogP contribution in [0.25, 0.3) is 5.57 Å². The highest BCUT2D eigenvalue weighted by molar-refractivity contribution is 7.07. The minimum atomic E-state index is -0.769. The second kappa shape index (κ2) is 12.5. The Labute approximate surface area is 249 Å². The van der Waals surface area contributed by atoms with Gasteiger partial charge in [0.2, 0.25) is 0 Å². The fourth-order valence-corrected chi connectivity index (χ4v) is 6.74. The fourth-order valence-electron chi connectivity index (χ4n) is 5.61. The van der Waals surface area contributed by atoms with Crippen LogP contribution in [-0.4, -0.2) is 36.2 Å². The molecule has 0 saturated heterocycles. The van der Waals surface area contributed by atoms with Crippen LogP contribution in [0.3, 0.4) is 0 Å². The number of amides is 1. The third-order valence-corrected chi connectivity index (χ3v) is 8.68. The molecule has 0 unspecified atom stereocenters. The van der Waals surface area contributed by atoms with Crippen molar-refractivity contribution in [1.82, 2.24) is 4.57 Å². The lowest BCUT2D eigenvalue weighted by Crippen LogP contribution is -2.41. The quantitative estimate of drug-likeness (QED) is 0.249. The maximum Gasteiger partial charge on any atom is 0.338 e. The number of hydrogen-bond donors (Lipinski definition) is 0. The monoisotopic (exact) mass is 587 g/mol. The van der Waals surface area contributed by atoms with Crippen LogP contribution in [0.2, 0.25) is 0 Å². The molecule has 0 spiro atoms. The molecule has 2 aliphatic rings. The largest absolute Gasteiger partial charge is 0.497 e. The number of carbonyl (C=O) groups excluding carboxylic acids is 2. The van der Waals surface area contributed by atoms with Gasteiger partial charge in [-0.3, -0.25) is 14.2 Å². The van der Waals surface area contributed by atoms with E-state index in [9.17, 15) is 14.4 Å². The third kappa shape index (κ3) is 5.45. The van der Waals surface area contributed by atoms with Gasteiger partial charge in [-0.1, -0.05) is 74.3 Å². The summed E-state index contributed by atoms with van der Waals surface area (Å²) in [6.45, 7) is 8.10. The summed E-state index contributed by atoms with van der Waals surface area (Å²) in [4.78, 5) is 48.6. The highest BCUT2D eigenvalue weighted by Crippen LogP contribution is 2.36. The van der Waals surface area contributed by atoms with Gasteiger partial charge >= 0.3 is 5.97 Å². The number of allylic oxidation sites excluding steroid dienone is 1. The van der Waals surface area contributed by atoms with Crippen molar-refractivity contribution >= 4 is 34.5 Å². The molecule has 1 amide bonds. The Balaban J connectivity index is 1.67. The molecule has 0 N–H and O–H groups in total. The van der Waals surface area contributed by atoms with Gasteiger partial charge in [-0.25, -0.2) is 9.79 Å². The summed E-state index contributed by atoms with van der Waals surface area (Å²) in [5.41, 5.74) is 3.09. The number of fused-ring (bicyclic) bond motifs is 2. The number of methoxy groups -OCH3 is 1. The van der Waals surface area contributed by atoms with Gasteiger partial charge in [0.15, 0.2) is 4.80 Å². The minimum Gasteiger partial charge on any atom is -0.497 e. The van der Waals surface area contributed by atoms with Crippen molar-refractivity contribution < 1.29 is 19.1 Å². The number of hydrogen-bond acceptors (Lipinski definition) is 7. The number of para-hydroxylation sites is 1. The molecule has 9 heteroatoms. The molecule has 3 aromatic rings. The van der Waals surface area contributed by atoms with Crippen LogP contribution in [0.1, 0.15) is 77.0 Å². The third-order valence-electron chi connectivity index (χ3n) is 7.63. The summed E-state index contributed by atoms with van der Waals surface area (Å²) < 4.78 is 12.8. The summed E-state index contributed by atoms with van der Waals surface area (Å²) in [6, 6.07) is 14.1. The lowest BCUT2D eigenvalue weighted by molar-refractivity contribution is -0.143. The molecule has 5 rings (SSSR count). The van der Waals surface area contributed by atoms with Crippen LogP contribution in [0.5, 0.6) is 5.75 Å². The molecule has 1 atom stereocenters. The van der Waals surface area contributed by atoms with Crippen LogP contribution in [-0.2, 0) is 14.3 Å². The number of nitrogens with zero attached hydrogens (tertiary/aromatic N) is 3. The first-order chi connectivity index (χ1) is 20.3. The molecule has 0 bridgehead atoms. The molecule has 0 aliphatic carbocycles. The van der Waals surface area contributed by atoms with Crippen LogP contribution >= 0.6 is 11.3 Å². The van der Waals surface area contributed by atoms with E-state index in [-0.39, 0.29) is 17.6 Å². The molecule has 0 fully saturated rings. The van der Waals surface area contributed by atoms with Gasteiger partial charge in [0.05, 0.1) is 41.8 Å². The van der Waals surface area contributed by atoms with E-state index in [1.54, 1.807) is 44.9 Å². The highest BCUT2D eigenvalue weighted by atomic mass is 32.1. The number of aromatic nitrogens is 1. The molecular formula is C33H37N3O5S. The summed E-state index contributed by atoms with van der Waals surface area (Å²) in [7, 11) is 1.58. The Morgan fingerprint density at radius 2 is 1.74 bits per heavy atom. The van der Waals surface area contributed by atoms with Crippen molar-refractivity contribution in [2.75, 3.05) is 18.6 Å². The second-order valence-corrected chi connectivity index (χ2v) is 11.9. The Bertz CT molecular complexity index is 1720. The van der Waals surface area contributed by atoms with Crippen molar-refractivity contribution in [3.63, 3.8) is 0 Å². The molecule has 8 nitrogen and oxygen atoms in total. The van der Waals surface area contributed by atoms with Crippen molar-refractivity contribution in [2.24, 2.45) is 4.99 Å². The second-order valence-electron chi connectivity index (χ2n) is 10.9. The van der Waals surface area contributed by atoms with Crippen molar-refractivity contribution in [2.45, 2.75) is 71.9 Å². The summed E-state index contributed by atoms with van der Waals surface area (Å²) in [5.74, 6) is -0.0435. The number of carbonyl (C=O) groups is 2. The number of anilines is 1. The maximum absolute atomic E-state index is 14.3. The summed E-state index contributed by atoms with van der Waals surface area (Å²) in [5, 5.41) is 0. The Hall–Kier alpha value is -3.98. The smallest absolute Gasteiger partial charge is 0.338 e. The zero-order valence-corrected chi connectivity index (χ0v) is 25.6. The molecular weight excluding hydrogens is 550 g/mol. The lowest BCUT2D eigenvalue weighted by Gasteiger charge is -2.25. The standard InChI is InChI=1S/C33H37N3O5S/c1-6-7-8-9-12-19-35-25-14-11-10-13-24(25)27(30(35)37)29-31(38)36-28(22-15-17-23(40-5)18-16-22)26(32(39)41-20(2)3)21(4)34-33(36)42-29/h10-11,13-18,20,28H,6-9,12,19H2,1-5H3/b29-27+/t28-/m1/s1. The lowest BCUT2D eigenvalue weighted by atomic mass is 9.95. The van der Waals surface area contributed by atoms with Gasteiger partial charge in [0.25, 0.3) is 11.5 Å². The van der Waals surface area contributed by atoms with E-state index < -0.39 is 12.0 Å². The van der Waals surface area contributed by atoms with Crippen molar-refractivity contribution in [1.29, 1.82) is 0 Å². The van der Waals surface area contributed by atoms with Crippen LogP contribution in [0.15, 0.2) is 69.6 Å². The normalized spacial score (nSPS) is 17.3. The number of benzene rings is 2. The number of unbranched alkanes of at least 4 members (excludes halogenated alkanes) is 4. The Morgan fingerprint density at radius 1 is 1.02 bits per heavy atom. The van der Waals surface area contributed by atoms with Gasteiger partial charge < -0.3 is 14.4 Å². The molecule has 0 saturated carbocycles. The first-order valence-electron chi connectivity index (χ1n) is 14.6. The van der Waals surface area contributed by atoms with E-state index in [1.165, 1.54) is 22.3 Å². The average molecular weight is 588 g/mol. The predicted octanol–water partition coefficient (Wildman–Crippen LogP) is 4.88. The SMILES string of the molecule is CCCCCCCN1C(=O)/C(=c2/sc3n(c2=O)[C@H](c2ccc(OC)cc2)C(C(=O)OC(C)C)=C(C)N=3)c2ccccc21. The summed E-state index contributed by atoms with van der Waals surface area (Å²) in [6.07, 6.45) is 5.07. The number of rotatable bonds is 10. The topological polar surface area (TPSA) is 90.2 Å². The van der Waals surface area contributed by atoms with Crippen LogP contribution < -0.4 is 24.5 Å². The van der Waals surface area contributed by atoms with E-state index in [0.29, 0.717) is 44.0 Å². The van der Waals surface area contributed by atoms with Crippen molar-refractivity contribution in [3.8, 4) is 5.75 Å². The summed E-state index contributed by atoms with van der Waals surface area (Å²) >= 11 is 1.19. The first-order valence-corrected chi connectivity index (χ1v) is 15.4. The number of ether oxygens (including phenoxy) is 2. The van der Waals surface area contributed by atoms with E-state index in [0.717, 1.165) is 36.9 Å². The number of esters is 1. The molecule has 2 aliphatic heterocycles. The van der Waals surface area contributed by atoms with Gasteiger partial charge in [-0.05, 0) is 51.0 Å². The Kier molecular flexibility index (Phi) is 8.77. The van der Waals surface area contributed by atoms with Gasteiger partial charge in [0, 0.05) is 12.1 Å². The van der Waals surface area contributed by atoms with E-state index in [2.05, 4.69) is 6.92 Å². The average Bonchev–Trinajstić information content (AvgIpc) is 3.43. The van der Waals surface area contributed by atoms with E-state index in [4.69, 9.17) is 14.5 Å². The zero-order valence-electron chi connectivity index (χ0n) is 24.8. The van der Waals surface area contributed by atoms with Gasteiger partial charge in [-0.2, -0.15) is 0 Å². The molecule has 0 radical (unpaired) electrons. The van der Waals surface area contributed by atoms with E-state index in [1.807, 2.05) is 36.4 Å². The van der Waals surface area contributed by atoms with Crippen molar-refractivity contribution in [3.05, 3.63) is 90.6 Å². The molecule has 42 heavy (non-hydrogen) atoms. The van der Waals surface area contributed by atoms with E-state index >= 15 is 0 Å². The number of thiazole rings is 1. The molecule has 3 heterocycles. The highest BCUT2D eigenvalue weighted by Gasteiger charge is 2.37. The molecule has 220 valence electrons. The maximum atomic E-state index is 14.3. The Morgan fingerprint density at radius 3 is 2.43 bits per heavy atom.